The minimum absolute atomic E-state index is 0.0877. The third-order valence-corrected chi connectivity index (χ3v) is 5.56. The molecule has 0 fully saturated rings. The van der Waals surface area contributed by atoms with E-state index in [0.29, 0.717) is 30.1 Å². The van der Waals surface area contributed by atoms with Gasteiger partial charge in [-0.15, -0.1) is 11.3 Å². The van der Waals surface area contributed by atoms with Gasteiger partial charge in [0.2, 0.25) is 0 Å². The maximum atomic E-state index is 13.2. The highest BCUT2D eigenvalue weighted by Crippen LogP contribution is 2.38. The highest BCUT2D eigenvalue weighted by Gasteiger charge is 2.26. The van der Waals surface area contributed by atoms with E-state index in [9.17, 15) is 9.90 Å². The van der Waals surface area contributed by atoms with Crippen LogP contribution in [-0.4, -0.2) is 36.3 Å². The lowest BCUT2D eigenvalue weighted by molar-refractivity contribution is 0.100. The monoisotopic (exact) mass is 381 g/mol. The third kappa shape index (κ3) is 3.27. The summed E-state index contributed by atoms with van der Waals surface area (Å²) in [5.74, 6) is 0.0822. The van der Waals surface area contributed by atoms with Gasteiger partial charge in [0.15, 0.2) is 0 Å². The molecular formula is C20H19N3O3S. The summed E-state index contributed by atoms with van der Waals surface area (Å²) in [4.78, 5) is 20.8. The number of fused-ring (bicyclic) bond motifs is 3. The Balaban J connectivity index is 1.76. The zero-order chi connectivity index (χ0) is 18.8. The first-order valence-electron chi connectivity index (χ1n) is 8.61. The molecule has 3 aromatic rings. The number of methoxy groups -OCH3 is 1. The maximum absolute atomic E-state index is 13.2. The molecule has 0 aliphatic carbocycles. The quantitative estimate of drug-likeness (QED) is 0.658. The molecule has 0 saturated heterocycles. The van der Waals surface area contributed by atoms with E-state index >= 15 is 0 Å². The number of aromatic hydroxyl groups is 1. The Morgan fingerprint density at radius 1 is 1.30 bits per heavy atom. The van der Waals surface area contributed by atoms with Crippen molar-refractivity contribution >= 4 is 38.8 Å². The predicted octanol–water partition coefficient (Wildman–Crippen LogP) is 3.78. The van der Waals surface area contributed by atoms with Gasteiger partial charge in [0.05, 0.1) is 11.5 Å². The Kier molecular flexibility index (Phi) is 4.79. The van der Waals surface area contributed by atoms with Crippen molar-refractivity contribution in [2.45, 2.75) is 6.42 Å². The van der Waals surface area contributed by atoms with Crippen LogP contribution in [0, 0.1) is 0 Å². The van der Waals surface area contributed by atoms with Crippen LogP contribution in [0.5, 0.6) is 5.75 Å². The summed E-state index contributed by atoms with van der Waals surface area (Å²) in [6, 6.07) is 8.54. The molecule has 1 aliphatic heterocycles. The van der Waals surface area contributed by atoms with E-state index < -0.39 is 0 Å². The molecule has 0 radical (unpaired) electrons. The number of hydrogen-bond donors (Lipinski definition) is 2. The van der Waals surface area contributed by atoms with Gasteiger partial charge in [-0.25, -0.2) is 4.98 Å². The standard InChI is InChI=1S/C20H19N3O3S/c1-26-12-10-21-16-8-9-22-19-17(16)15-3-2-11-23(20(25)18(15)27-19)13-4-6-14(24)7-5-13/h2,4-9,11,24H,3,10,12H2,1H3,(H,21,22). The molecule has 0 bridgehead atoms. The topological polar surface area (TPSA) is 74.7 Å². The number of phenols is 1. The summed E-state index contributed by atoms with van der Waals surface area (Å²) in [6.45, 7) is 1.28. The van der Waals surface area contributed by atoms with E-state index in [1.165, 1.54) is 11.3 Å². The number of rotatable bonds is 5. The van der Waals surface area contributed by atoms with Gasteiger partial charge in [-0.2, -0.15) is 0 Å². The molecule has 6 nitrogen and oxygen atoms in total. The van der Waals surface area contributed by atoms with Gasteiger partial charge >= 0.3 is 0 Å². The number of carbonyl (C=O) groups is 1. The van der Waals surface area contributed by atoms with Gasteiger partial charge in [-0.05, 0) is 42.3 Å². The fourth-order valence-corrected chi connectivity index (χ4v) is 4.29. The summed E-state index contributed by atoms with van der Waals surface area (Å²) >= 11 is 1.41. The van der Waals surface area contributed by atoms with E-state index in [4.69, 9.17) is 4.74 Å². The third-order valence-electron chi connectivity index (χ3n) is 4.43. The fourth-order valence-electron chi connectivity index (χ4n) is 3.16. The highest BCUT2D eigenvalue weighted by atomic mass is 32.1. The Labute approximate surface area is 160 Å². The number of hydrogen-bond acceptors (Lipinski definition) is 6. The zero-order valence-electron chi connectivity index (χ0n) is 14.8. The molecule has 7 heteroatoms. The van der Waals surface area contributed by atoms with Crippen LogP contribution in [0.1, 0.15) is 15.2 Å². The van der Waals surface area contributed by atoms with Crippen molar-refractivity contribution in [3.05, 3.63) is 59.2 Å². The lowest BCUT2D eigenvalue weighted by Crippen LogP contribution is -2.23. The van der Waals surface area contributed by atoms with Crippen molar-refractivity contribution in [1.82, 2.24) is 4.98 Å². The van der Waals surface area contributed by atoms with E-state index in [-0.39, 0.29) is 11.7 Å². The van der Waals surface area contributed by atoms with Crippen molar-refractivity contribution in [3.63, 3.8) is 0 Å². The van der Waals surface area contributed by atoms with Crippen LogP contribution < -0.4 is 10.2 Å². The van der Waals surface area contributed by atoms with Gasteiger partial charge < -0.3 is 15.2 Å². The van der Waals surface area contributed by atoms with Gasteiger partial charge in [0.25, 0.3) is 5.91 Å². The number of ether oxygens (including phenoxy) is 1. The molecule has 4 rings (SSSR count). The number of thiophene rings is 1. The predicted molar refractivity (Wildman–Crippen MR) is 108 cm³/mol. The summed E-state index contributed by atoms with van der Waals surface area (Å²) in [5, 5.41) is 13.9. The van der Waals surface area contributed by atoms with Crippen molar-refractivity contribution in [2.24, 2.45) is 0 Å². The molecule has 0 saturated carbocycles. The lowest BCUT2D eigenvalue weighted by Gasteiger charge is -2.17. The molecule has 138 valence electrons. The first kappa shape index (κ1) is 17.5. The zero-order valence-corrected chi connectivity index (χ0v) is 15.6. The second-order valence-corrected chi connectivity index (χ2v) is 7.15. The maximum Gasteiger partial charge on any atom is 0.272 e. The average Bonchev–Trinajstić information content (AvgIpc) is 2.98. The molecule has 0 spiro atoms. The van der Waals surface area contributed by atoms with Crippen LogP contribution in [0.2, 0.25) is 0 Å². The summed E-state index contributed by atoms with van der Waals surface area (Å²) < 4.78 is 5.11. The molecule has 0 unspecified atom stereocenters. The number of allylic oxidation sites excluding steroid dienone is 1. The van der Waals surface area contributed by atoms with Crippen LogP contribution in [-0.2, 0) is 11.2 Å². The summed E-state index contributed by atoms with van der Waals surface area (Å²) in [6.07, 6.45) is 6.18. The number of nitrogens with zero attached hydrogens (tertiary/aromatic N) is 2. The number of nitrogens with one attached hydrogen (secondary N) is 1. The highest BCUT2D eigenvalue weighted by molar-refractivity contribution is 7.20. The molecule has 27 heavy (non-hydrogen) atoms. The Bertz CT molecular complexity index is 1010. The first-order chi connectivity index (χ1) is 13.2. The van der Waals surface area contributed by atoms with Crippen LogP contribution in [0.15, 0.2) is 48.8 Å². The van der Waals surface area contributed by atoms with E-state index in [2.05, 4.69) is 10.3 Å². The number of carbonyl (C=O) groups excluding carboxylic acids is 1. The number of benzene rings is 1. The Hall–Kier alpha value is -2.90. The van der Waals surface area contributed by atoms with Crippen molar-refractivity contribution in [2.75, 3.05) is 30.5 Å². The van der Waals surface area contributed by atoms with E-state index in [1.807, 2.05) is 12.1 Å². The molecule has 3 heterocycles. The van der Waals surface area contributed by atoms with Gasteiger partial charge in [0, 0.05) is 42.8 Å². The van der Waals surface area contributed by atoms with E-state index in [0.717, 1.165) is 21.5 Å². The minimum atomic E-state index is -0.0877. The van der Waals surface area contributed by atoms with Crippen LogP contribution >= 0.6 is 11.3 Å². The van der Waals surface area contributed by atoms with E-state index in [1.54, 1.807) is 48.7 Å². The second-order valence-electron chi connectivity index (χ2n) is 6.15. The molecule has 1 aliphatic rings. The van der Waals surface area contributed by atoms with Crippen LogP contribution in [0.25, 0.3) is 10.2 Å². The fraction of sp³-hybridized carbons (Fsp3) is 0.200. The van der Waals surface area contributed by atoms with Crippen LogP contribution in [0.4, 0.5) is 11.4 Å². The van der Waals surface area contributed by atoms with Gasteiger partial charge in [-0.3, -0.25) is 9.69 Å². The molecule has 0 atom stereocenters. The number of phenolic OH excluding ortho intramolecular Hbond substituents is 1. The first-order valence-corrected chi connectivity index (χ1v) is 9.43. The van der Waals surface area contributed by atoms with Crippen LogP contribution in [0.3, 0.4) is 0 Å². The molecule has 2 aromatic heterocycles. The minimum Gasteiger partial charge on any atom is -0.508 e. The molecule has 1 aromatic carbocycles. The SMILES string of the molecule is COCCNc1ccnc2sc3c(c12)CC=CN(c1ccc(O)cc1)C3=O. The largest absolute Gasteiger partial charge is 0.508 e. The number of aromatic nitrogens is 1. The molecule has 1 amide bonds. The average molecular weight is 381 g/mol. The lowest BCUT2D eigenvalue weighted by atomic mass is 10.1. The molecule has 2 N–H and O–H groups in total. The number of pyridine rings is 1. The number of amides is 1. The Morgan fingerprint density at radius 2 is 2.11 bits per heavy atom. The smallest absolute Gasteiger partial charge is 0.272 e. The van der Waals surface area contributed by atoms with Crippen molar-refractivity contribution < 1.29 is 14.6 Å². The van der Waals surface area contributed by atoms with Gasteiger partial charge in [0.1, 0.15) is 10.6 Å². The van der Waals surface area contributed by atoms with Crippen molar-refractivity contribution in [3.8, 4) is 5.75 Å². The number of anilines is 2. The Morgan fingerprint density at radius 3 is 2.89 bits per heavy atom. The van der Waals surface area contributed by atoms with Crippen molar-refractivity contribution in [1.29, 1.82) is 0 Å². The summed E-state index contributed by atoms with van der Waals surface area (Å²) in [7, 11) is 1.67. The second kappa shape index (κ2) is 7.38. The van der Waals surface area contributed by atoms with Gasteiger partial charge in [-0.1, -0.05) is 6.08 Å². The molecular weight excluding hydrogens is 362 g/mol. The summed E-state index contributed by atoms with van der Waals surface area (Å²) in [5.41, 5.74) is 2.67. The normalized spacial score (nSPS) is 13.7.